The van der Waals surface area contributed by atoms with E-state index >= 15 is 0 Å². The lowest BCUT2D eigenvalue weighted by molar-refractivity contribution is -0.149. The molecule has 0 aliphatic heterocycles. The molecule has 0 radical (unpaired) electrons. The lowest BCUT2D eigenvalue weighted by Gasteiger charge is -2.14. The lowest BCUT2D eigenvalue weighted by Crippen LogP contribution is -2.23. The predicted molar refractivity (Wildman–Crippen MR) is 95.5 cm³/mol. The number of anilines is 1. The largest absolute Gasteiger partial charge is 0.455 e. The molecule has 4 nitrogen and oxygen atoms in total. The van der Waals surface area contributed by atoms with Crippen LogP contribution >= 0.6 is 23.2 Å². The average molecular weight is 366 g/mol. The molecule has 1 N–H and O–H groups in total. The third-order valence-electron chi connectivity index (χ3n) is 3.39. The van der Waals surface area contributed by atoms with Crippen LogP contribution in [0.3, 0.4) is 0 Å². The fourth-order valence-electron chi connectivity index (χ4n) is 2.28. The second kappa shape index (κ2) is 8.71. The Morgan fingerprint density at radius 3 is 2.29 bits per heavy atom. The molecule has 0 aliphatic rings. The number of carbonyl (C=O) groups excluding carboxylic acids is 2. The molecule has 0 bridgehead atoms. The van der Waals surface area contributed by atoms with Crippen LogP contribution in [0.1, 0.15) is 24.8 Å². The number of nitrogens with one attached hydrogen (secondary N) is 1. The van der Waals surface area contributed by atoms with Crippen molar-refractivity contribution >= 4 is 40.8 Å². The van der Waals surface area contributed by atoms with E-state index in [1.54, 1.807) is 18.2 Å². The van der Waals surface area contributed by atoms with Crippen molar-refractivity contribution in [2.45, 2.75) is 19.3 Å². The van der Waals surface area contributed by atoms with E-state index in [2.05, 4.69) is 5.32 Å². The van der Waals surface area contributed by atoms with Crippen molar-refractivity contribution in [2.75, 3.05) is 11.9 Å². The van der Waals surface area contributed by atoms with Crippen molar-refractivity contribution in [3.8, 4) is 0 Å². The standard InChI is InChI=1S/C18H17Cl2NO3/c1-2-16(12-6-4-3-5-7-12)18(23)24-11-17(22)21-15-9-13(19)8-14(20)10-15/h3-10,16H,2,11H2,1H3,(H,21,22)/t16-/m0/s1. The molecule has 2 aromatic rings. The summed E-state index contributed by atoms with van der Waals surface area (Å²) < 4.78 is 5.13. The number of benzene rings is 2. The molecular formula is C18H17Cl2NO3. The van der Waals surface area contributed by atoms with Gasteiger partial charge in [-0.2, -0.15) is 0 Å². The zero-order valence-electron chi connectivity index (χ0n) is 13.1. The van der Waals surface area contributed by atoms with Crippen molar-refractivity contribution in [1.29, 1.82) is 0 Å². The van der Waals surface area contributed by atoms with E-state index in [4.69, 9.17) is 27.9 Å². The van der Waals surface area contributed by atoms with Gasteiger partial charge >= 0.3 is 5.97 Å². The molecule has 0 aromatic heterocycles. The Labute approximate surface area is 150 Å². The fraction of sp³-hybridized carbons (Fsp3) is 0.222. The number of hydrogen-bond donors (Lipinski definition) is 1. The average Bonchev–Trinajstić information content (AvgIpc) is 2.53. The summed E-state index contributed by atoms with van der Waals surface area (Å²) in [5, 5.41) is 3.41. The quantitative estimate of drug-likeness (QED) is 0.756. The molecule has 0 heterocycles. The summed E-state index contributed by atoms with van der Waals surface area (Å²) in [5.41, 5.74) is 1.32. The zero-order valence-corrected chi connectivity index (χ0v) is 14.6. The highest BCUT2D eigenvalue weighted by Crippen LogP contribution is 2.23. The maximum Gasteiger partial charge on any atom is 0.313 e. The first-order valence-electron chi connectivity index (χ1n) is 7.47. The van der Waals surface area contributed by atoms with Gasteiger partial charge in [0.05, 0.1) is 5.92 Å². The van der Waals surface area contributed by atoms with Gasteiger partial charge in [-0.3, -0.25) is 9.59 Å². The van der Waals surface area contributed by atoms with Crippen LogP contribution in [-0.4, -0.2) is 18.5 Å². The SMILES string of the molecule is CC[C@H](C(=O)OCC(=O)Nc1cc(Cl)cc(Cl)c1)c1ccccc1. The van der Waals surface area contributed by atoms with Crippen LogP contribution in [-0.2, 0) is 14.3 Å². The summed E-state index contributed by atoms with van der Waals surface area (Å²) in [6.45, 7) is 1.53. The van der Waals surface area contributed by atoms with E-state index in [-0.39, 0.29) is 12.5 Å². The minimum Gasteiger partial charge on any atom is -0.455 e. The Bertz CT molecular complexity index is 699. The normalized spacial score (nSPS) is 11.6. The van der Waals surface area contributed by atoms with Crippen molar-refractivity contribution in [2.24, 2.45) is 0 Å². The van der Waals surface area contributed by atoms with Crippen molar-refractivity contribution in [3.05, 3.63) is 64.1 Å². The Kier molecular flexibility index (Phi) is 6.64. The molecular weight excluding hydrogens is 349 g/mol. The minimum atomic E-state index is -0.454. The van der Waals surface area contributed by atoms with Crippen LogP contribution in [0.15, 0.2) is 48.5 Å². The highest BCUT2D eigenvalue weighted by Gasteiger charge is 2.21. The Morgan fingerprint density at radius 1 is 1.08 bits per heavy atom. The van der Waals surface area contributed by atoms with Crippen LogP contribution in [0, 0.1) is 0 Å². The number of halogens is 2. The molecule has 0 unspecified atom stereocenters. The van der Waals surface area contributed by atoms with Gasteiger partial charge in [0.15, 0.2) is 6.61 Å². The summed E-state index contributed by atoms with van der Waals surface area (Å²) in [4.78, 5) is 24.1. The highest BCUT2D eigenvalue weighted by atomic mass is 35.5. The van der Waals surface area contributed by atoms with Crippen LogP contribution < -0.4 is 5.32 Å². The van der Waals surface area contributed by atoms with Crippen LogP contribution in [0.2, 0.25) is 10.0 Å². The number of hydrogen-bond acceptors (Lipinski definition) is 3. The molecule has 0 aliphatic carbocycles. The predicted octanol–water partition coefficient (Wildman–Crippen LogP) is 4.67. The van der Waals surface area contributed by atoms with E-state index in [1.165, 1.54) is 0 Å². The molecule has 0 fully saturated rings. The molecule has 1 amide bonds. The van der Waals surface area contributed by atoms with Gasteiger partial charge in [0.25, 0.3) is 5.91 Å². The lowest BCUT2D eigenvalue weighted by atomic mass is 9.97. The summed E-state index contributed by atoms with van der Waals surface area (Å²) in [7, 11) is 0. The Hall–Kier alpha value is -2.04. The first kappa shape index (κ1) is 18.3. The van der Waals surface area contributed by atoms with Gasteiger partial charge in [0, 0.05) is 15.7 Å². The van der Waals surface area contributed by atoms with Crippen molar-refractivity contribution in [3.63, 3.8) is 0 Å². The minimum absolute atomic E-state index is 0.369. The molecule has 6 heteroatoms. The van der Waals surface area contributed by atoms with Gasteiger partial charge in [-0.25, -0.2) is 0 Å². The van der Waals surface area contributed by atoms with E-state index in [0.29, 0.717) is 22.2 Å². The summed E-state index contributed by atoms with van der Waals surface area (Å²) in [5.74, 6) is -1.27. The highest BCUT2D eigenvalue weighted by molar-refractivity contribution is 6.35. The number of ether oxygens (including phenoxy) is 1. The maximum absolute atomic E-state index is 12.2. The smallest absolute Gasteiger partial charge is 0.313 e. The van der Waals surface area contributed by atoms with Crippen LogP contribution in [0.4, 0.5) is 5.69 Å². The molecule has 2 rings (SSSR count). The number of amides is 1. The number of carbonyl (C=O) groups is 2. The van der Waals surface area contributed by atoms with E-state index < -0.39 is 11.9 Å². The summed E-state index contributed by atoms with van der Waals surface area (Å²) >= 11 is 11.7. The van der Waals surface area contributed by atoms with Crippen LogP contribution in [0.5, 0.6) is 0 Å². The van der Waals surface area contributed by atoms with Gasteiger partial charge in [0.2, 0.25) is 0 Å². The first-order chi connectivity index (χ1) is 11.5. The van der Waals surface area contributed by atoms with E-state index in [1.807, 2.05) is 37.3 Å². The number of esters is 1. The van der Waals surface area contributed by atoms with Gasteiger partial charge in [-0.1, -0.05) is 60.5 Å². The van der Waals surface area contributed by atoms with Gasteiger partial charge in [-0.05, 0) is 30.2 Å². The molecule has 126 valence electrons. The molecule has 1 atom stereocenters. The topological polar surface area (TPSA) is 55.4 Å². The third-order valence-corrected chi connectivity index (χ3v) is 3.82. The monoisotopic (exact) mass is 365 g/mol. The second-order valence-electron chi connectivity index (χ2n) is 5.19. The van der Waals surface area contributed by atoms with E-state index in [9.17, 15) is 9.59 Å². The molecule has 24 heavy (non-hydrogen) atoms. The Morgan fingerprint density at radius 2 is 1.71 bits per heavy atom. The van der Waals surface area contributed by atoms with Crippen molar-refractivity contribution in [1.82, 2.24) is 0 Å². The molecule has 0 saturated heterocycles. The summed E-state index contributed by atoms with van der Waals surface area (Å²) in [6.07, 6.45) is 0.592. The van der Waals surface area contributed by atoms with Crippen LogP contribution in [0.25, 0.3) is 0 Å². The van der Waals surface area contributed by atoms with Gasteiger partial charge in [-0.15, -0.1) is 0 Å². The fourth-order valence-corrected chi connectivity index (χ4v) is 2.81. The molecule has 0 saturated carbocycles. The van der Waals surface area contributed by atoms with Gasteiger partial charge < -0.3 is 10.1 Å². The van der Waals surface area contributed by atoms with Crippen molar-refractivity contribution < 1.29 is 14.3 Å². The molecule has 2 aromatic carbocycles. The Balaban J connectivity index is 1.91. The third kappa shape index (κ3) is 5.25. The van der Waals surface area contributed by atoms with E-state index in [0.717, 1.165) is 5.56 Å². The first-order valence-corrected chi connectivity index (χ1v) is 8.22. The summed E-state index contributed by atoms with van der Waals surface area (Å²) in [6, 6.07) is 14.0. The maximum atomic E-state index is 12.2. The molecule has 0 spiro atoms. The second-order valence-corrected chi connectivity index (χ2v) is 6.06. The zero-order chi connectivity index (χ0) is 17.5. The number of rotatable bonds is 6. The van der Waals surface area contributed by atoms with Gasteiger partial charge in [0.1, 0.15) is 0 Å².